The van der Waals surface area contributed by atoms with Gasteiger partial charge in [0, 0.05) is 11.8 Å². The van der Waals surface area contributed by atoms with Crippen LogP contribution >= 0.6 is 0 Å². The molecule has 0 saturated heterocycles. The van der Waals surface area contributed by atoms with Crippen molar-refractivity contribution in [3.05, 3.63) is 108 Å². The van der Waals surface area contributed by atoms with Gasteiger partial charge < -0.3 is 9.67 Å². The maximum absolute atomic E-state index is 10.8. The summed E-state index contributed by atoms with van der Waals surface area (Å²) in [7, 11) is 0. The number of aliphatic hydroxyl groups excluding tert-OH is 1. The van der Waals surface area contributed by atoms with Gasteiger partial charge in [0.2, 0.25) is 0 Å². The summed E-state index contributed by atoms with van der Waals surface area (Å²) in [6.07, 6.45) is 5.87. The van der Waals surface area contributed by atoms with Crippen LogP contribution in [0.3, 0.4) is 0 Å². The Balaban J connectivity index is 1.75. The first-order chi connectivity index (χ1) is 14.8. The third kappa shape index (κ3) is 3.59. The van der Waals surface area contributed by atoms with Crippen molar-refractivity contribution < 1.29 is 5.11 Å². The molecule has 2 heteroatoms. The zero-order valence-electron chi connectivity index (χ0n) is 17.1. The van der Waals surface area contributed by atoms with Crippen LogP contribution < -0.4 is 0 Å². The van der Waals surface area contributed by atoms with E-state index in [9.17, 15) is 5.11 Å². The number of aromatic nitrogens is 1. The molecular weight excluding hydrogens is 366 g/mol. The first-order valence-corrected chi connectivity index (χ1v) is 10.9. The lowest BCUT2D eigenvalue weighted by molar-refractivity contribution is 0.137. The summed E-state index contributed by atoms with van der Waals surface area (Å²) < 4.78 is 2.37. The van der Waals surface area contributed by atoms with Crippen molar-refractivity contribution in [3.8, 4) is 22.4 Å². The lowest BCUT2D eigenvalue weighted by atomic mass is 9.94. The van der Waals surface area contributed by atoms with Crippen LogP contribution in [0.5, 0.6) is 0 Å². The van der Waals surface area contributed by atoms with E-state index in [-0.39, 0.29) is 12.1 Å². The molecule has 1 aromatic heterocycles. The molecule has 2 atom stereocenters. The molecule has 150 valence electrons. The second-order valence-corrected chi connectivity index (χ2v) is 8.25. The smallest absolute Gasteiger partial charge is 0.0747 e. The highest BCUT2D eigenvalue weighted by atomic mass is 16.3. The Morgan fingerprint density at radius 1 is 0.733 bits per heavy atom. The van der Waals surface area contributed by atoms with Gasteiger partial charge in [-0.25, -0.2) is 0 Å². The highest BCUT2D eigenvalue weighted by molar-refractivity contribution is 5.85. The molecule has 2 nitrogen and oxygen atoms in total. The van der Waals surface area contributed by atoms with Crippen LogP contribution in [-0.2, 0) is 6.42 Å². The standard InChI is InChI=1S/C28H27NO/c30-26-18-10-17-25(26)29-20-24(19-21-11-4-1-5-12-21)27(22-13-6-2-7-14-22)28(29)23-15-8-3-9-16-23/h1-9,11-16,20,25-26,30H,10,17-19H2/t25-,26+/m1/s1. The first-order valence-electron chi connectivity index (χ1n) is 10.9. The molecule has 0 unspecified atom stereocenters. The normalized spacial score (nSPS) is 18.6. The monoisotopic (exact) mass is 393 g/mol. The van der Waals surface area contributed by atoms with E-state index in [4.69, 9.17) is 0 Å². The highest BCUT2D eigenvalue weighted by Crippen LogP contribution is 2.42. The van der Waals surface area contributed by atoms with Crippen LogP contribution in [0.4, 0.5) is 0 Å². The Bertz CT molecular complexity index is 1100. The SMILES string of the molecule is O[C@H]1CCC[C@H]1n1cc(Cc2ccccc2)c(-c2ccccc2)c1-c1ccccc1. The van der Waals surface area contributed by atoms with Gasteiger partial charge in [0.1, 0.15) is 0 Å². The van der Waals surface area contributed by atoms with E-state index in [2.05, 4.69) is 102 Å². The van der Waals surface area contributed by atoms with Gasteiger partial charge in [-0.2, -0.15) is 0 Å². The van der Waals surface area contributed by atoms with E-state index < -0.39 is 0 Å². The molecule has 0 aliphatic heterocycles. The maximum Gasteiger partial charge on any atom is 0.0747 e. The van der Waals surface area contributed by atoms with E-state index in [1.165, 1.54) is 33.5 Å². The predicted molar refractivity (Wildman–Crippen MR) is 123 cm³/mol. The van der Waals surface area contributed by atoms with E-state index in [0.29, 0.717) is 0 Å². The Morgan fingerprint density at radius 2 is 1.33 bits per heavy atom. The molecule has 4 aromatic rings. The van der Waals surface area contributed by atoms with Gasteiger partial charge in [0.05, 0.1) is 17.8 Å². The summed E-state index contributed by atoms with van der Waals surface area (Å²) in [5.41, 5.74) is 7.55. The quantitative estimate of drug-likeness (QED) is 0.411. The average Bonchev–Trinajstić information content (AvgIpc) is 3.39. The molecule has 1 heterocycles. The van der Waals surface area contributed by atoms with Gasteiger partial charge in [-0.3, -0.25) is 0 Å². The van der Waals surface area contributed by atoms with Gasteiger partial charge in [-0.1, -0.05) is 91.0 Å². The fourth-order valence-electron chi connectivity index (χ4n) is 4.85. The van der Waals surface area contributed by atoms with Gasteiger partial charge in [0.25, 0.3) is 0 Å². The Hall–Kier alpha value is -3.10. The Kier molecular flexibility index (Phi) is 5.25. The molecule has 0 spiro atoms. The summed E-state index contributed by atoms with van der Waals surface area (Å²) >= 11 is 0. The topological polar surface area (TPSA) is 25.2 Å². The molecule has 0 bridgehead atoms. The van der Waals surface area contributed by atoms with E-state index in [1.54, 1.807) is 0 Å². The van der Waals surface area contributed by atoms with Crippen molar-refractivity contribution in [3.63, 3.8) is 0 Å². The average molecular weight is 394 g/mol. The minimum atomic E-state index is -0.284. The summed E-state index contributed by atoms with van der Waals surface area (Å²) in [5, 5.41) is 10.8. The van der Waals surface area contributed by atoms with Gasteiger partial charge in [0.15, 0.2) is 0 Å². The van der Waals surface area contributed by atoms with Crippen molar-refractivity contribution in [2.45, 2.75) is 37.8 Å². The van der Waals surface area contributed by atoms with Crippen molar-refractivity contribution >= 4 is 0 Å². The van der Waals surface area contributed by atoms with Crippen molar-refractivity contribution in [2.75, 3.05) is 0 Å². The summed E-state index contributed by atoms with van der Waals surface area (Å²) in [6.45, 7) is 0. The number of hydrogen-bond acceptors (Lipinski definition) is 1. The molecule has 1 fully saturated rings. The van der Waals surface area contributed by atoms with Crippen LogP contribution in [0.25, 0.3) is 22.4 Å². The zero-order valence-corrected chi connectivity index (χ0v) is 17.1. The highest BCUT2D eigenvalue weighted by Gasteiger charge is 2.31. The van der Waals surface area contributed by atoms with Crippen molar-refractivity contribution in [1.29, 1.82) is 0 Å². The third-order valence-corrected chi connectivity index (χ3v) is 6.26. The minimum absolute atomic E-state index is 0.132. The van der Waals surface area contributed by atoms with E-state index in [1.807, 2.05) is 0 Å². The molecule has 1 aliphatic carbocycles. The molecule has 1 saturated carbocycles. The van der Waals surface area contributed by atoms with Crippen molar-refractivity contribution in [1.82, 2.24) is 4.57 Å². The van der Waals surface area contributed by atoms with Crippen LogP contribution in [0.2, 0.25) is 0 Å². The Morgan fingerprint density at radius 3 is 1.93 bits per heavy atom. The molecule has 0 radical (unpaired) electrons. The first kappa shape index (κ1) is 18.9. The summed E-state index contributed by atoms with van der Waals surface area (Å²) in [5.74, 6) is 0. The van der Waals surface area contributed by atoms with Gasteiger partial charge in [-0.05, 0) is 47.9 Å². The number of hydrogen-bond donors (Lipinski definition) is 1. The predicted octanol–water partition coefficient (Wildman–Crippen LogP) is 6.50. The number of benzene rings is 3. The summed E-state index contributed by atoms with van der Waals surface area (Å²) in [6, 6.07) is 32.1. The number of rotatable bonds is 5. The van der Waals surface area contributed by atoms with Crippen LogP contribution in [0, 0.1) is 0 Å². The Labute approximate surface area is 178 Å². The van der Waals surface area contributed by atoms with Crippen LogP contribution in [-0.4, -0.2) is 15.8 Å². The fraction of sp³-hybridized carbons (Fsp3) is 0.214. The maximum atomic E-state index is 10.8. The molecule has 3 aromatic carbocycles. The van der Waals surface area contributed by atoms with Gasteiger partial charge in [-0.15, -0.1) is 0 Å². The lowest BCUT2D eigenvalue weighted by Gasteiger charge is -2.21. The molecule has 30 heavy (non-hydrogen) atoms. The molecular formula is C28H27NO. The van der Waals surface area contributed by atoms with E-state index in [0.717, 1.165) is 25.7 Å². The molecule has 1 aliphatic rings. The second-order valence-electron chi connectivity index (χ2n) is 8.25. The largest absolute Gasteiger partial charge is 0.391 e. The van der Waals surface area contributed by atoms with Crippen molar-refractivity contribution in [2.24, 2.45) is 0 Å². The number of aliphatic hydroxyl groups is 1. The molecule has 5 rings (SSSR count). The minimum Gasteiger partial charge on any atom is -0.391 e. The summed E-state index contributed by atoms with van der Waals surface area (Å²) in [4.78, 5) is 0. The third-order valence-electron chi connectivity index (χ3n) is 6.26. The van der Waals surface area contributed by atoms with Gasteiger partial charge >= 0.3 is 0 Å². The lowest BCUT2D eigenvalue weighted by Crippen LogP contribution is -2.18. The molecule has 0 amide bonds. The van der Waals surface area contributed by atoms with Crippen LogP contribution in [0.1, 0.15) is 36.4 Å². The second kappa shape index (κ2) is 8.33. The van der Waals surface area contributed by atoms with Crippen LogP contribution in [0.15, 0.2) is 97.2 Å². The van der Waals surface area contributed by atoms with E-state index >= 15 is 0 Å². The fourth-order valence-corrected chi connectivity index (χ4v) is 4.85. The molecule has 1 N–H and O–H groups in total. The zero-order chi connectivity index (χ0) is 20.3. The number of nitrogens with zero attached hydrogens (tertiary/aromatic N) is 1.